The van der Waals surface area contributed by atoms with E-state index in [1.807, 2.05) is 36.2 Å². The molecule has 1 amide bonds. The van der Waals surface area contributed by atoms with Crippen LogP contribution in [-0.4, -0.2) is 37.6 Å². The lowest BCUT2D eigenvalue weighted by atomic mass is 10.0. The van der Waals surface area contributed by atoms with E-state index >= 15 is 0 Å². The third-order valence-electron chi connectivity index (χ3n) is 3.55. The molecule has 0 aliphatic carbocycles. The highest BCUT2D eigenvalue weighted by molar-refractivity contribution is 5.85. The van der Waals surface area contributed by atoms with E-state index in [4.69, 9.17) is 10.5 Å². The molecule has 0 spiro atoms. The summed E-state index contributed by atoms with van der Waals surface area (Å²) in [5.41, 5.74) is 7.36. The molecule has 0 bridgehead atoms. The van der Waals surface area contributed by atoms with Crippen molar-refractivity contribution in [2.75, 3.05) is 32.5 Å². The Hall–Kier alpha value is -1.26. The fourth-order valence-electron chi connectivity index (χ4n) is 2.39. The van der Waals surface area contributed by atoms with Crippen LogP contribution in [0.1, 0.15) is 18.4 Å². The molecule has 20 heavy (non-hydrogen) atoms. The number of carbonyl (C=O) groups excluding carboxylic acids is 1. The van der Waals surface area contributed by atoms with Crippen molar-refractivity contribution in [3.8, 4) is 0 Å². The van der Waals surface area contributed by atoms with Crippen LogP contribution in [0.15, 0.2) is 24.3 Å². The average Bonchev–Trinajstić information content (AvgIpc) is 2.42. The van der Waals surface area contributed by atoms with Crippen LogP contribution in [0.4, 0.5) is 5.69 Å². The number of benzene rings is 1. The predicted octanol–water partition coefficient (Wildman–Crippen LogP) is 2.12. The van der Waals surface area contributed by atoms with Gasteiger partial charge >= 0.3 is 0 Å². The summed E-state index contributed by atoms with van der Waals surface area (Å²) in [5.74, 6) is 0.629. The predicted molar refractivity (Wildman–Crippen MR) is 83.0 cm³/mol. The maximum Gasteiger partial charge on any atom is 0.226 e. The van der Waals surface area contributed by atoms with Gasteiger partial charge in [-0.25, -0.2) is 0 Å². The van der Waals surface area contributed by atoms with Gasteiger partial charge in [0.1, 0.15) is 0 Å². The Balaban J connectivity index is 0.00000200. The molecule has 2 rings (SSSR count). The number of nitrogens with two attached hydrogens (primary N) is 1. The van der Waals surface area contributed by atoms with Crippen LogP contribution in [0.25, 0.3) is 0 Å². The van der Waals surface area contributed by atoms with Gasteiger partial charge < -0.3 is 15.4 Å². The van der Waals surface area contributed by atoms with Crippen molar-refractivity contribution in [2.24, 2.45) is 5.92 Å². The quantitative estimate of drug-likeness (QED) is 0.866. The first-order valence-electron chi connectivity index (χ1n) is 6.81. The zero-order valence-electron chi connectivity index (χ0n) is 11.9. The Kier molecular flexibility index (Phi) is 6.82. The van der Waals surface area contributed by atoms with Gasteiger partial charge in [-0.2, -0.15) is 0 Å². The number of ether oxygens (including phenoxy) is 1. The zero-order chi connectivity index (χ0) is 13.7. The number of nitrogen functional groups attached to an aromatic ring is 1. The largest absolute Gasteiger partial charge is 0.399 e. The molecule has 4 nitrogen and oxygen atoms in total. The molecule has 1 fully saturated rings. The van der Waals surface area contributed by atoms with Crippen molar-refractivity contribution in [2.45, 2.75) is 19.3 Å². The second-order valence-corrected chi connectivity index (χ2v) is 5.28. The van der Waals surface area contributed by atoms with Gasteiger partial charge in [-0.05, 0) is 36.5 Å². The highest BCUT2D eigenvalue weighted by atomic mass is 35.5. The third kappa shape index (κ3) is 5.02. The Morgan fingerprint density at radius 1 is 1.40 bits per heavy atom. The number of nitrogens with zero attached hydrogens (tertiary/aromatic N) is 1. The molecule has 0 radical (unpaired) electrons. The molecule has 1 saturated heterocycles. The van der Waals surface area contributed by atoms with E-state index in [1.54, 1.807) is 0 Å². The van der Waals surface area contributed by atoms with Gasteiger partial charge in [0.2, 0.25) is 5.91 Å². The molecule has 2 N–H and O–H groups in total. The fourth-order valence-corrected chi connectivity index (χ4v) is 2.39. The minimum absolute atomic E-state index is 0. The van der Waals surface area contributed by atoms with Crippen molar-refractivity contribution < 1.29 is 9.53 Å². The molecular formula is C15H23ClN2O2. The topological polar surface area (TPSA) is 55.6 Å². The summed E-state index contributed by atoms with van der Waals surface area (Å²) in [6.45, 7) is 2.42. The second-order valence-electron chi connectivity index (χ2n) is 5.28. The molecular weight excluding hydrogens is 276 g/mol. The molecule has 1 heterocycles. The first-order chi connectivity index (χ1) is 9.15. The summed E-state index contributed by atoms with van der Waals surface area (Å²) in [5, 5.41) is 0. The molecule has 0 aromatic heterocycles. The van der Waals surface area contributed by atoms with Crippen molar-refractivity contribution in [1.29, 1.82) is 0 Å². The Labute approximate surface area is 126 Å². The molecule has 1 aliphatic heterocycles. The normalized spacial score (nSPS) is 18.1. The summed E-state index contributed by atoms with van der Waals surface area (Å²) >= 11 is 0. The molecule has 1 aliphatic rings. The number of hydrogen-bond acceptors (Lipinski definition) is 3. The van der Waals surface area contributed by atoms with E-state index in [-0.39, 0.29) is 18.3 Å². The van der Waals surface area contributed by atoms with Crippen molar-refractivity contribution in [1.82, 2.24) is 4.90 Å². The second kappa shape index (κ2) is 8.12. The van der Waals surface area contributed by atoms with Crippen LogP contribution in [-0.2, 0) is 16.0 Å². The van der Waals surface area contributed by atoms with E-state index in [0.29, 0.717) is 12.3 Å². The van der Waals surface area contributed by atoms with E-state index in [9.17, 15) is 4.79 Å². The van der Waals surface area contributed by atoms with Crippen LogP contribution in [0.5, 0.6) is 0 Å². The smallest absolute Gasteiger partial charge is 0.226 e. The van der Waals surface area contributed by atoms with Gasteiger partial charge in [0.15, 0.2) is 0 Å². The molecule has 1 aromatic rings. The van der Waals surface area contributed by atoms with Gasteiger partial charge in [0.05, 0.1) is 13.0 Å². The fraction of sp³-hybridized carbons (Fsp3) is 0.533. The summed E-state index contributed by atoms with van der Waals surface area (Å²) in [4.78, 5) is 13.9. The minimum atomic E-state index is 0. The minimum Gasteiger partial charge on any atom is -0.399 e. The first kappa shape index (κ1) is 16.8. The molecule has 112 valence electrons. The van der Waals surface area contributed by atoms with Crippen molar-refractivity contribution in [3.63, 3.8) is 0 Å². The maximum atomic E-state index is 12.1. The van der Waals surface area contributed by atoms with Gasteiger partial charge in [0.25, 0.3) is 0 Å². The number of likely N-dealkylation sites (N-methyl/N-ethyl adjacent to an activating group) is 1. The molecule has 5 heteroatoms. The Morgan fingerprint density at radius 2 is 2.10 bits per heavy atom. The highest BCUT2D eigenvalue weighted by Gasteiger charge is 2.18. The average molecular weight is 299 g/mol. The van der Waals surface area contributed by atoms with E-state index in [0.717, 1.165) is 43.9 Å². The number of carbonyl (C=O) groups is 1. The van der Waals surface area contributed by atoms with Crippen LogP contribution in [0, 0.1) is 5.92 Å². The number of amides is 1. The summed E-state index contributed by atoms with van der Waals surface area (Å²) in [6.07, 6.45) is 2.69. The van der Waals surface area contributed by atoms with E-state index in [1.165, 1.54) is 0 Å². The van der Waals surface area contributed by atoms with Crippen molar-refractivity contribution in [3.05, 3.63) is 29.8 Å². The van der Waals surface area contributed by atoms with Crippen molar-refractivity contribution >= 4 is 24.0 Å². The SMILES string of the molecule is CN(CC1CCCOC1)C(=O)Cc1ccc(N)cc1.Cl. The lowest BCUT2D eigenvalue weighted by Crippen LogP contribution is -2.35. The van der Waals surface area contributed by atoms with Gasteiger partial charge in [-0.1, -0.05) is 12.1 Å². The molecule has 1 unspecified atom stereocenters. The third-order valence-corrected chi connectivity index (χ3v) is 3.55. The van der Waals surface area contributed by atoms with Crippen LogP contribution in [0.2, 0.25) is 0 Å². The lowest BCUT2D eigenvalue weighted by Gasteiger charge is -2.27. The molecule has 0 saturated carbocycles. The number of rotatable bonds is 4. The first-order valence-corrected chi connectivity index (χ1v) is 6.81. The Morgan fingerprint density at radius 3 is 2.70 bits per heavy atom. The van der Waals surface area contributed by atoms with Gasteiger partial charge in [-0.15, -0.1) is 12.4 Å². The summed E-state index contributed by atoms with van der Waals surface area (Å²) < 4.78 is 5.44. The van der Waals surface area contributed by atoms with Crippen LogP contribution in [0.3, 0.4) is 0 Å². The van der Waals surface area contributed by atoms with E-state index in [2.05, 4.69) is 0 Å². The number of hydrogen-bond donors (Lipinski definition) is 1. The lowest BCUT2D eigenvalue weighted by molar-refractivity contribution is -0.130. The number of halogens is 1. The molecule has 1 aromatic carbocycles. The highest BCUT2D eigenvalue weighted by Crippen LogP contribution is 2.15. The molecule has 1 atom stereocenters. The summed E-state index contributed by atoms with van der Waals surface area (Å²) in [6, 6.07) is 7.48. The van der Waals surface area contributed by atoms with Crippen LogP contribution < -0.4 is 5.73 Å². The summed E-state index contributed by atoms with van der Waals surface area (Å²) in [7, 11) is 1.87. The van der Waals surface area contributed by atoms with Gasteiger partial charge in [0, 0.05) is 25.9 Å². The maximum absolute atomic E-state index is 12.1. The number of anilines is 1. The van der Waals surface area contributed by atoms with Crippen LogP contribution >= 0.6 is 12.4 Å². The zero-order valence-corrected chi connectivity index (χ0v) is 12.7. The standard InChI is InChI=1S/C15H22N2O2.ClH/c1-17(10-13-3-2-8-19-11-13)15(18)9-12-4-6-14(16)7-5-12;/h4-7,13H,2-3,8-11,16H2,1H3;1H. The monoisotopic (exact) mass is 298 g/mol. The Bertz CT molecular complexity index is 416. The van der Waals surface area contributed by atoms with Gasteiger partial charge in [-0.3, -0.25) is 4.79 Å². The van der Waals surface area contributed by atoms with E-state index < -0.39 is 0 Å².